The molecule has 2 rings (SSSR count). The first-order valence-corrected chi connectivity index (χ1v) is 7.82. The van der Waals surface area contributed by atoms with Crippen molar-refractivity contribution in [3.8, 4) is 0 Å². The summed E-state index contributed by atoms with van der Waals surface area (Å²) < 4.78 is 40.0. The Bertz CT molecular complexity index is 588. The van der Waals surface area contributed by atoms with Gasteiger partial charge in [0, 0.05) is 19.5 Å². The molecule has 0 aliphatic carbocycles. The Kier molecular flexibility index (Phi) is 5.51. The van der Waals surface area contributed by atoms with Gasteiger partial charge in [0.25, 0.3) is 0 Å². The Morgan fingerprint density at radius 1 is 1.29 bits per heavy atom. The number of carboxylic acids is 1. The summed E-state index contributed by atoms with van der Waals surface area (Å²) in [5.41, 5.74) is 0.0619. The van der Waals surface area contributed by atoms with E-state index in [0.717, 1.165) is 0 Å². The molecule has 0 radical (unpaired) electrons. The Morgan fingerprint density at radius 3 is 2.42 bits per heavy atom. The fourth-order valence-corrected chi connectivity index (χ4v) is 3.15. The number of amides is 1. The number of carbonyl (C=O) groups is 2. The van der Waals surface area contributed by atoms with E-state index in [2.05, 4.69) is 0 Å². The van der Waals surface area contributed by atoms with Gasteiger partial charge < -0.3 is 10.0 Å². The van der Waals surface area contributed by atoms with Crippen LogP contribution in [0.5, 0.6) is 0 Å². The molecule has 3 unspecified atom stereocenters. The minimum atomic E-state index is -4.51. The van der Waals surface area contributed by atoms with Crippen molar-refractivity contribution in [3.63, 3.8) is 0 Å². The quantitative estimate of drug-likeness (QED) is 0.913. The van der Waals surface area contributed by atoms with Crippen molar-refractivity contribution in [1.29, 1.82) is 0 Å². The van der Waals surface area contributed by atoms with E-state index in [1.807, 2.05) is 0 Å². The number of benzene rings is 1. The van der Waals surface area contributed by atoms with Gasteiger partial charge in [-0.25, -0.2) is 0 Å². The van der Waals surface area contributed by atoms with E-state index in [4.69, 9.17) is 5.11 Å². The fraction of sp³-hybridized carbons (Fsp3) is 0.529. The summed E-state index contributed by atoms with van der Waals surface area (Å²) >= 11 is 0. The highest BCUT2D eigenvalue weighted by molar-refractivity contribution is 5.78. The van der Waals surface area contributed by atoms with E-state index in [-0.39, 0.29) is 31.0 Å². The predicted octanol–water partition coefficient (Wildman–Crippen LogP) is 3.29. The number of hydrogen-bond acceptors (Lipinski definition) is 2. The molecular formula is C17H20F3NO3. The number of alkyl halides is 3. The van der Waals surface area contributed by atoms with E-state index in [1.54, 1.807) is 13.0 Å². The Hall–Kier alpha value is -2.05. The lowest BCUT2D eigenvalue weighted by molar-refractivity contribution is -0.162. The Labute approximate surface area is 138 Å². The second-order valence-electron chi connectivity index (χ2n) is 6.26. The standard InChI is InChI=1S/C17H20F3NO3/c1-11-10-21(8-7-13(11)16(23)24)15(22)9-14(17(18,19)20)12-5-3-2-4-6-12/h2-6,11,13-14H,7-10H2,1H3,(H,23,24). The first-order valence-electron chi connectivity index (χ1n) is 7.82. The van der Waals surface area contributed by atoms with Crippen LogP contribution >= 0.6 is 0 Å². The summed E-state index contributed by atoms with van der Waals surface area (Å²) in [7, 11) is 0. The van der Waals surface area contributed by atoms with Crippen molar-refractivity contribution >= 4 is 11.9 Å². The summed E-state index contributed by atoms with van der Waals surface area (Å²) in [4.78, 5) is 24.8. The second kappa shape index (κ2) is 7.23. The highest BCUT2D eigenvalue weighted by Gasteiger charge is 2.43. The van der Waals surface area contributed by atoms with Gasteiger partial charge in [-0.1, -0.05) is 37.3 Å². The number of piperidine rings is 1. The first-order chi connectivity index (χ1) is 11.2. The summed E-state index contributed by atoms with van der Waals surface area (Å²) in [5.74, 6) is -4.19. The third-order valence-electron chi connectivity index (χ3n) is 4.55. The van der Waals surface area contributed by atoms with Gasteiger partial charge in [-0.05, 0) is 17.9 Å². The van der Waals surface area contributed by atoms with E-state index >= 15 is 0 Å². The molecule has 0 bridgehead atoms. The number of aliphatic carboxylic acids is 1. The first kappa shape index (κ1) is 18.3. The minimum Gasteiger partial charge on any atom is -0.481 e. The van der Waals surface area contributed by atoms with Gasteiger partial charge >= 0.3 is 12.1 Å². The second-order valence-corrected chi connectivity index (χ2v) is 6.26. The van der Waals surface area contributed by atoms with Crippen LogP contribution in [0.4, 0.5) is 13.2 Å². The molecule has 1 aromatic carbocycles. The number of nitrogens with zero attached hydrogens (tertiary/aromatic N) is 1. The maximum Gasteiger partial charge on any atom is 0.396 e. The van der Waals surface area contributed by atoms with Crippen LogP contribution in [-0.2, 0) is 9.59 Å². The fourth-order valence-electron chi connectivity index (χ4n) is 3.15. The van der Waals surface area contributed by atoms with Crippen LogP contribution < -0.4 is 0 Å². The highest BCUT2D eigenvalue weighted by Crippen LogP contribution is 2.38. The zero-order chi connectivity index (χ0) is 17.9. The topological polar surface area (TPSA) is 57.6 Å². The van der Waals surface area contributed by atoms with Gasteiger partial charge in [0.2, 0.25) is 5.91 Å². The van der Waals surface area contributed by atoms with Crippen LogP contribution in [0.1, 0.15) is 31.2 Å². The van der Waals surface area contributed by atoms with Crippen LogP contribution in [0.2, 0.25) is 0 Å². The molecular weight excluding hydrogens is 323 g/mol. The lowest BCUT2D eigenvalue weighted by atomic mass is 9.86. The number of rotatable bonds is 4. The molecule has 0 aromatic heterocycles. The molecule has 1 heterocycles. The van der Waals surface area contributed by atoms with Crippen molar-refractivity contribution in [1.82, 2.24) is 4.90 Å². The van der Waals surface area contributed by atoms with Gasteiger partial charge in [-0.15, -0.1) is 0 Å². The third kappa shape index (κ3) is 4.27. The van der Waals surface area contributed by atoms with Crippen LogP contribution in [0.15, 0.2) is 30.3 Å². The number of halogens is 3. The Morgan fingerprint density at radius 2 is 1.92 bits per heavy atom. The van der Waals surface area contributed by atoms with Crippen molar-refractivity contribution in [3.05, 3.63) is 35.9 Å². The number of likely N-dealkylation sites (tertiary alicyclic amines) is 1. The molecule has 0 saturated carbocycles. The van der Waals surface area contributed by atoms with Crippen LogP contribution in [0.3, 0.4) is 0 Å². The Balaban J connectivity index is 2.08. The minimum absolute atomic E-state index is 0.0619. The molecule has 1 fully saturated rings. The lowest BCUT2D eigenvalue weighted by Crippen LogP contribution is -2.45. The molecule has 132 valence electrons. The van der Waals surface area contributed by atoms with E-state index in [0.29, 0.717) is 0 Å². The van der Waals surface area contributed by atoms with Crippen LogP contribution in [0, 0.1) is 11.8 Å². The summed E-state index contributed by atoms with van der Waals surface area (Å²) in [6, 6.07) is 7.38. The largest absolute Gasteiger partial charge is 0.481 e. The molecule has 7 heteroatoms. The smallest absolute Gasteiger partial charge is 0.396 e. The predicted molar refractivity (Wildman–Crippen MR) is 81.3 cm³/mol. The summed E-state index contributed by atoms with van der Waals surface area (Å²) in [6.07, 6.45) is -4.90. The number of carboxylic acid groups (broad SMARTS) is 1. The molecule has 24 heavy (non-hydrogen) atoms. The van der Waals surface area contributed by atoms with E-state index in [1.165, 1.54) is 29.2 Å². The monoisotopic (exact) mass is 343 g/mol. The van der Waals surface area contributed by atoms with Crippen LogP contribution in [0.25, 0.3) is 0 Å². The van der Waals surface area contributed by atoms with Gasteiger partial charge in [0.05, 0.1) is 11.8 Å². The summed E-state index contributed by atoms with van der Waals surface area (Å²) in [5, 5.41) is 9.08. The molecule has 1 saturated heterocycles. The molecule has 1 aliphatic rings. The van der Waals surface area contributed by atoms with Crippen molar-refractivity contribution < 1.29 is 27.9 Å². The van der Waals surface area contributed by atoms with E-state index < -0.39 is 36.3 Å². The molecule has 1 aromatic rings. The molecule has 0 spiro atoms. The molecule has 3 atom stereocenters. The molecule has 1 N–H and O–H groups in total. The zero-order valence-electron chi connectivity index (χ0n) is 13.3. The number of carbonyl (C=O) groups excluding carboxylic acids is 1. The maximum absolute atomic E-state index is 13.3. The summed E-state index contributed by atoms with van der Waals surface area (Å²) in [6.45, 7) is 2.06. The van der Waals surface area contributed by atoms with Crippen molar-refractivity contribution in [2.24, 2.45) is 11.8 Å². The van der Waals surface area contributed by atoms with Gasteiger partial charge in [-0.2, -0.15) is 13.2 Å². The third-order valence-corrected chi connectivity index (χ3v) is 4.55. The van der Waals surface area contributed by atoms with E-state index in [9.17, 15) is 22.8 Å². The highest BCUT2D eigenvalue weighted by atomic mass is 19.4. The normalized spacial score (nSPS) is 22.9. The molecule has 1 aliphatic heterocycles. The van der Waals surface area contributed by atoms with Crippen molar-refractivity contribution in [2.45, 2.75) is 31.9 Å². The zero-order valence-corrected chi connectivity index (χ0v) is 13.3. The average molecular weight is 343 g/mol. The van der Waals surface area contributed by atoms with Crippen LogP contribution in [-0.4, -0.2) is 41.1 Å². The maximum atomic E-state index is 13.3. The molecule has 4 nitrogen and oxygen atoms in total. The lowest BCUT2D eigenvalue weighted by Gasteiger charge is -2.35. The average Bonchev–Trinajstić information content (AvgIpc) is 2.51. The van der Waals surface area contributed by atoms with Crippen molar-refractivity contribution in [2.75, 3.05) is 13.1 Å². The SMILES string of the molecule is CC1CN(C(=O)CC(c2ccccc2)C(F)(F)F)CCC1C(=O)O. The van der Waals surface area contributed by atoms with Gasteiger partial charge in [0.1, 0.15) is 0 Å². The number of hydrogen-bond donors (Lipinski definition) is 1. The van der Waals surface area contributed by atoms with Gasteiger partial charge in [-0.3, -0.25) is 9.59 Å². The molecule has 1 amide bonds. The van der Waals surface area contributed by atoms with Gasteiger partial charge in [0.15, 0.2) is 0 Å².